The third kappa shape index (κ3) is 5.82. The Balaban J connectivity index is 4.50. The Morgan fingerprint density at radius 1 is 1.47 bits per heavy atom. The Hall–Kier alpha value is -0.513. The average Bonchev–Trinajstić information content (AvgIpc) is 2.10. The number of carbonyl (C=O) groups excluding carboxylic acids is 1. The topological polar surface area (TPSA) is 59.3 Å². The van der Waals surface area contributed by atoms with Gasteiger partial charge in [0.25, 0.3) is 0 Å². The van der Waals surface area contributed by atoms with Gasteiger partial charge in [-0.2, -0.15) is 5.26 Å². The molecule has 0 heterocycles. The lowest BCUT2D eigenvalue weighted by atomic mass is 10.3. The van der Waals surface area contributed by atoms with E-state index < -0.39 is 19.5 Å². The van der Waals surface area contributed by atoms with Gasteiger partial charge in [-0.1, -0.05) is 0 Å². The Morgan fingerprint density at radius 2 is 2.00 bits per heavy atom. The third-order valence-electron chi connectivity index (χ3n) is 1.58. The van der Waals surface area contributed by atoms with E-state index in [-0.39, 0.29) is 6.10 Å². The number of nitriles is 1. The molecule has 0 bridgehead atoms. The van der Waals surface area contributed by atoms with Crippen LogP contribution in [0.4, 0.5) is 0 Å². The highest BCUT2D eigenvalue weighted by atomic mass is 32.2. The summed E-state index contributed by atoms with van der Waals surface area (Å²) in [5.41, 5.74) is 0. The largest absolute Gasteiger partial charge is 0.468 e. The van der Waals surface area contributed by atoms with Gasteiger partial charge in [-0.3, -0.25) is 4.79 Å². The molecule has 0 aromatic carbocycles. The van der Waals surface area contributed by atoms with Crippen molar-refractivity contribution in [1.82, 2.24) is 0 Å². The van der Waals surface area contributed by atoms with Gasteiger partial charge in [0.2, 0.25) is 0 Å². The van der Waals surface area contributed by atoms with Gasteiger partial charge >= 0.3 is 5.97 Å². The lowest BCUT2D eigenvalue weighted by molar-refractivity contribution is -0.141. The Morgan fingerprint density at radius 3 is 2.33 bits per heavy atom. The molecule has 0 radical (unpaired) electrons. The van der Waals surface area contributed by atoms with Gasteiger partial charge in [0, 0.05) is 0 Å². The molecule has 0 rings (SSSR count). The minimum atomic E-state index is -1.70. The minimum absolute atomic E-state index is 0.297. The molecule has 0 aliphatic rings. The number of ether oxygens (including phenoxy) is 1. The molecule has 0 saturated carbocycles. The van der Waals surface area contributed by atoms with Crippen LogP contribution in [0, 0.1) is 10.7 Å². The smallest absolute Gasteiger partial charge is 0.322 e. The van der Waals surface area contributed by atoms with Crippen LogP contribution in [0.3, 0.4) is 0 Å². The fraction of sp³-hybridized carbons (Fsp3) is 0.778. The molecule has 0 fully saturated rings. The van der Waals surface area contributed by atoms with Crippen molar-refractivity contribution in [3.63, 3.8) is 0 Å². The zero-order valence-corrected chi connectivity index (χ0v) is 11.6. The molecule has 0 amide bonds. The van der Waals surface area contributed by atoms with Crippen LogP contribution in [0.2, 0.25) is 19.6 Å². The van der Waals surface area contributed by atoms with Crippen molar-refractivity contribution in [3.8, 4) is 5.40 Å². The molecule has 2 atom stereocenters. The van der Waals surface area contributed by atoms with E-state index in [0.717, 1.165) is 11.8 Å². The molecule has 4 nitrogen and oxygen atoms in total. The molecule has 0 unspecified atom stereocenters. The first-order valence-electron chi connectivity index (χ1n) is 4.62. The van der Waals surface area contributed by atoms with Crippen LogP contribution in [0.1, 0.15) is 6.92 Å². The van der Waals surface area contributed by atoms with Crippen LogP contribution in [0.5, 0.6) is 0 Å². The van der Waals surface area contributed by atoms with Crippen LogP contribution in [0.15, 0.2) is 0 Å². The highest BCUT2D eigenvalue weighted by Gasteiger charge is 2.31. The van der Waals surface area contributed by atoms with E-state index in [1.165, 1.54) is 7.11 Å². The summed E-state index contributed by atoms with van der Waals surface area (Å²) in [6.45, 7) is 7.91. The van der Waals surface area contributed by atoms with Crippen molar-refractivity contribution in [3.05, 3.63) is 0 Å². The molecule has 0 aromatic rings. The first-order chi connectivity index (χ1) is 6.81. The van der Waals surface area contributed by atoms with E-state index in [1.807, 2.05) is 25.0 Å². The van der Waals surface area contributed by atoms with Crippen LogP contribution in [-0.4, -0.2) is 32.8 Å². The zero-order chi connectivity index (χ0) is 12.1. The predicted octanol–water partition coefficient (Wildman–Crippen LogP) is 1.98. The molecular formula is C9H17NO3SSi. The van der Waals surface area contributed by atoms with Gasteiger partial charge in [0.05, 0.1) is 13.2 Å². The van der Waals surface area contributed by atoms with Crippen LogP contribution in [-0.2, 0) is 14.0 Å². The lowest BCUT2D eigenvalue weighted by Gasteiger charge is -2.26. The van der Waals surface area contributed by atoms with Crippen molar-refractivity contribution in [2.75, 3.05) is 7.11 Å². The van der Waals surface area contributed by atoms with E-state index in [0.29, 0.717) is 0 Å². The Bertz CT molecular complexity index is 259. The number of hydrogen-bond donors (Lipinski definition) is 0. The molecular weight excluding hydrogens is 230 g/mol. The molecule has 0 N–H and O–H groups in total. The van der Waals surface area contributed by atoms with Crippen LogP contribution >= 0.6 is 11.8 Å². The number of methoxy groups -OCH3 is 1. The van der Waals surface area contributed by atoms with Gasteiger partial charge in [-0.05, 0) is 38.3 Å². The second kappa shape index (κ2) is 6.15. The van der Waals surface area contributed by atoms with Gasteiger partial charge in [0.15, 0.2) is 8.32 Å². The van der Waals surface area contributed by atoms with E-state index in [4.69, 9.17) is 9.69 Å². The van der Waals surface area contributed by atoms with Crippen LogP contribution in [0.25, 0.3) is 0 Å². The molecule has 0 aromatic heterocycles. The second-order valence-electron chi connectivity index (χ2n) is 4.09. The van der Waals surface area contributed by atoms with Crippen LogP contribution < -0.4 is 0 Å². The van der Waals surface area contributed by atoms with Crippen molar-refractivity contribution in [2.24, 2.45) is 0 Å². The quantitative estimate of drug-likeness (QED) is 0.422. The maximum atomic E-state index is 11.4. The summed E-state index contributed by atoms with van der Waals surface area (Å²) in [5, 5.41) is 9.93. The Labute approximate surface area is 96.1 Å². The van der Waals surface area contributed by atoms with E-state index in [1.54, 1.807) is 6.92 Å². The second-order valence-corrected chi connectivity index (χ2v) is 9.47. The molecule has 86 valence electrons. The molecule has 6 heteroatoms. The van der Waals surface area contributed by atoms with Crippen molar-refractivity contribution >= 4 is 26.0 Å². The number of nitrogens with zero attached hydrogens (tertiary/aromatic N) is 1. The predicted molar refractivity (Wildman–Crippen MR) is 62.9 cm³/mol. The fourth-order valence-corrected chi connectivity index (χ4v) is 3.03. The summed E-state index contributed by atoms with van der Waals surface area (Å²) in [6.07, 6.45) is -0.297. The highest BCUT2D eigenvalue weighted by Crippen LogP contribution is 2.20. The SMILES string of the molecule is COC(=O)[C@@H](SC#N)[C@H](C)O[Si](C)(C)C. The molecule has 0 aliphatic heterocycles. The first kappa shape index (κ1) is 14.5. The molecule has 15 heavy (non-hydrogen) atoms. The summed E-state index contributed by atoms with van der Waals surface area (Å²) < 4.78 is 10.4. The summed E-state index contributed by atoms with van der Waals surface area (Å²) in [6, 6.07) is 0. The third-order valence-corrected chi connectivity index (χ3v) is 3.59. The monoisotopic (exact) mass is 247 g/mol. The average molecular weight is 247 g/mol. The first-order valence-corrected chi connectivity index (χ1v) is 8.91. The van der Waals surface area contributed by atoms with Gasteiger partial charge < -0.3 is 9.16 Å². The van der Waals surface area contributed by atoms with Gasteiger partial charge in [0.1, 0.15) is 10.7 Å². The van der Waals surface area contributed by atoms with E-state index >= 15 is 0 Å². The Kier molecular flexibility index (Phi) is 5.94. The molecule has 0 spiro atoms. The van der Waals surface area contributed by atoms with Gasteiger partial charge in [-0.25, -0.2) is 0 Å². The number of esters is 1. The van der Waals surface area contributed by atoms with E-state index in [9.17, 15) is 4.79 Å². The fourth-order valence-electron chi connectivity index (χ4n) is 1.13. The molecule has 0 saturated heterocycles. The minimum Gasteiger partial charge on any atom is -0.468 e. The standard InChI is InChI=1S/C9H17NO3SSi/c1-7(13-15(3,4)5)8(14-6-10)9(11)12-2/h7-8H,1-5H3/t7-,8-/m0/s1. The lowest BCUT2D eigenvalue weighted by Crippen LogP contribution is -2.39. The molecule has 0 aliphatic carbocycles. The van der Waals surface area contributed by atoms with Crippen molar-refractivity contribution in [1.29, 1.82) is 5.26 Å². The number of hydrogen-bond acceptors (Lipinski definition) is 5. The highest BCUT2D eigenvalue weighted by molar-refractivity contribution is 8.05. The summed E-state index contributed by atoms with van der Waals surface area (Å²) in [5.74, 6) is -0.410. The van der Waals surface area contributed by atoms with Crippen molar-refractivity contribution < 1.29 is 14.0 Å². The van der Waals surface area contributed by atoms with Gasteiger partial charge in [-0.15, -0.1) is 0 Å². The number of carbonyl (C=O) groups is 1. The zero-order valence-electron chi connectivity index (χ0n) is 9.73. The van der Waals surface area contributed by atoms with E-state index in [2.05, 4.69) is 4.74 Å². The van der Waals surface area contributed by atoms with Crippen molar-refractivity contribution in [2.45, 2.75) is 37.9 Å². The normalized spacial score (nSPS) is 15.2. The maximum Gasteiger partial charge on any atom is 0.322 e. The summed E-state index contributed by atoms with van der Waals surface area (Å²) in [7, 11) is -0.387. The number of rotatable bonds is 5. The number of thiocyanates is 1. The number of thioether (sulfide) groups is 1. The summed E-state index contributed by atoms with van der Waals surface area (Å²) in [4.78, 5) is 11.4. The maximum absolute atomic E-state index is 11.4. The summed E-state index contributed by atoms with van der Waals surface area (Å²) >= 11 is 0.886.